The van der Waals surface area contributed by atoms with E-state index in [4.69, 9.17) is 4.74 Å². The standard InChI is InChI=1S/C16H9F5O2/c1-23-9-4-2-8(3-5-9)11(22)7-6-10-12(17)14(19)16(21)15(20)13(10)18/h2-7H,1H3. The van der Waals surface area contributed by atoms with Gasteiger partial charge in [-0.15, -0.1) is 0 Å². The van der Waals surface area contributed by atoms with Crippen LogP contribution in [0.15, 0.2) is 30.3 Å². The van der Waals surface area contributed by atoms with Gasteiger partial charge in [0, 0.05) is 5.56 Å². The van der Waals surface area contributed by atoms with Crippen molar-refractivity contribution >= 4 is 11.9 Å². The highest BCUT2D eigenvalue weighted by Crippen LogP contribution is 2.24. The Labute approximate surface area is 127 Å². The van der Waals surface area contributed by atoms with Crippen LogP contribution in [-0.2, 0) is 0 Å². The third kappa shape index (κ3) is 3.23. The van der Waals surface area contributed by atoms with E-state index in [0.717, 1.165) is 6.08 Å². The van der Waals surface area contributed by atoms with Gasteiger partial charge in [-0.3, -0.25) is 4.79 Å². The van der Waals surface area contributed by atoms with Crippen molar-refractivity contribution in [1.29, 1.82) is 0 Å². The predicted octanol–water partition coefficient (Wildman–Crippen LogP) is 4.29. The van der Waals surface area contributed by atoms with E-state index in [9.17, 15) is 26.7 Å². The molecule has 0 N–H and O–H groups in total. The summed E-state index contributed by atoms with van der Waals surface area (Å²) in [5.41, 5.74) is -1.02. The van der Waals surface area contributed by atoms with Crippen LogP contribution in [0, 0.1) is 29.1 Å². The summed E-state index contributed by atoms with van der Waals surface area (Å²) in [4.78, 5) is 11.8. The van der Waals surface area contributed by atoms with Gasteiger partial charge in [-0.25, -0.2) is 22.0 Å². The predicted molar refractivity (Wildman–Crippen MR) is 72.6 cm³/mol. The molecule has 0 aliphatic rings. The third-order valence-corrected chi connectivity index (χ3v) is 3.02. The third-order valence-electron chi connectivity index (χ3n) is 3.02. The molecule has 2 aromatic carbocycles. The number of allylic oxidation sites excluding steroid dienone is 1. The van der Waals surface area contributed by atoms with Crippen LogP contribution in [0.1, 0.15) is 15.9 Å². The first-order valence-electron chi connectivity index (χ1n) is 6.24. The van der Waals surface area contributed by atoms with E-state index in [2.05, 4.69) is 0 Å². The van der Waals surface area contributed by atoms with Gasteiger partial charge in [0.25, 0.3) is 0 Å². The van der Waals surface area contributed by atoms with Crippen molar-refractivity contribution in [3.8, 4) is 5.75 Å². The summed E-state index contributed by atoms with van der Waals surface area (Å²) in [6.07, 6.45) is 1.27. The molecule has 0 heterocycles. The highest BCUT2D eigenvalue weighted by atomic mass is 19.2. The number of carbonyl (C=O) groups excluding carboxylic acids is 1. The lowest BCUT2D eigenvalue weighted by atomic mass is 10.1. The molecule has 0 amide bonds. The highest BCUT2D eigenvalue weighted by Gasteiger charge is 2.24. The Kier molecular flexibility index (Phi) is 4.78. The number of halogens is 5. The zero-order valence-corrected chi connectivity index (χ0v) is 11.7. The maximum Gasteiger partial charge on any atom is 0.200 e. The van der Waals surface area contributed by atoms with Gasteiger partial charge < -0.3 is 4.74 Å². The quantitative estimate of drug-likeness (QED) is 0.275. The Morgan fingerprint density at radius 2 is 1.35 bits per heavy atom. The number of ether oxygens (including phenoxy) is 1. The van der Waals surface area contributed by atoms with Crippen molar-refractivity contribution in [3.63, 3.8) is 0 Å². The molecule has 2 rings (SSSR count). The smallest absolute Gasteiger partial charge is 0.200 e. The number of ketones is 1. The molecule has 0 radical (unpaired) electrons. The molecule has 2 aromatic rings. The Balaban J connectivity index is 2.34. The molecule has 0 atom stereocenters. The summed E-state index contributed by atoms with van der Waals surface area (Å²) in [5, 5.41) is 0. The lowest BCUT2D eigenvalue weighted by Gasteiger charge is -2.04. The van der Waals surface area contributed by atoms with Crippen molar-refractivity contribution in [2.75, 3.05) is 7.11 Å². The van der Waals surface area contributed by atoms with Gasteiger partial charge in [0.15, 0.2) is 29.1 Å². The highest BCUT2D eigenvalue weighted by molar-refractivity contribution is 6.06. The van der Waals surface area contributed by atoms with Crippen LogP contribution in [0.5, 0.6) is 5.75 Å². The summed E-state index contributed by atoms with van der Waals surface area (Å²) in [7, 11) is 1.43. The van der Waals surface area contributed by atoms with Gasteiger partial charge in [0.05, 0.1) is 12.7 Å². The molecule has 0 unspecified atom stereocenters. The molecular weight excluding hydrogens is 319 g/mol. The van der Waals surface area contributed by atoms with Crippen molar-refractivity contribution in [1.82, 2.24) is 0 Å². The van der Waals surface area contributed by atoms with Crippen LogP contribution in [0.3, 0.4) is 0 Å². The largest absolute Gasteiger partial charge is 0.497 e. The lowest BCUT2D eigenvalue weighted by molar-refractivity contribution is 0.104. The zero-order chi connectivity index (χ0) is 17.1. The Hall–Kier alpha value is -2.70. The molecule has 23 heavy (non-hydrogen) atoms. The first kappa shape index (κ1) is 16.7. The molecule has 0 saturated heterocycles. The van der Waals surface area contributed by atoms with Crippen LogP contribution in [0.4, 0.5) is 22.0 Å². The minimum Gasteiger partial charge on any atom is -0.497 e. The average molecular weight is 328 g/mol. The second-order valence-electron chi connectivity index (χ2n) is 4.41. The summed E-state index contributed by atoms with van der Waals surface area (Å²) >= 11 is 0. The average Bonchev–Trinajstić information content (AvgIpc) is 2.58. The summed E-state index contributed by atoms with van der Waals surface area (Å²) < 4.78 is 70.8. The van der Waals surface area contributed by atoms with Gasteiger partial charge in [-0.1, -0.05) is 0 Å². The zero-order valence-electron chi connectivity index (χ0n) is 11.7. The van der Waals surface area contributed by atoms with Gasteiger partial charge in [0.2, 0.25) is 5.82 Å². The topological polar surface area (TPSA) is 26.3 Å². The molecule has 0 spiro atoms. The van der Waals surface area contributed by atoms with Crippen molar-refractivity contribution in [2.24, 2.45) is 0 Å². The molecule has 0 saturated carbocycles. The number of carbonyl (C=O) groups is 1. The van der Waals surface area contributed by atoms with Crippen LogP contribution in [-0.4, -0.2) is 12.9 Å². The van der Waals surface area contributed by atoms with E-state index in [1.165, 1.54) is 31.4 Å². The fourth-order valence-corrected chi connectivity index (χ4v) is 1.78. The summed E-state index contributed by atoms with van der Waals surface area (Å²) in [5.74, 6) is -10.6. The number of hydrogen-bond donors (Lipinski definition) is 0. The molecule has 120 valence electrons. The second-order valence-corrected chi connectivity index (χ2v) is 4.41. The summed E-state index contributed by atoms with van der Waals surface area (Å²) in [6, 6.07) is 5.76. The fraction of sp³-hybridized carbons (Fsp3) is 0.0625. The Morgan fingerprint density at radius 1 is 0.870 bits per heavy atom. The summed E-state index contributed by atoms with van der Waals surface area (Å²) in [6.45, 7) is 0. The van der Waals surface area contributed by atoms with Gasteiger partial charge in [0.1, 0.15) is 5.75 Å². The fourth-order valence-electron chi connectivity index (χ4n) is 1.78. The van der Waals surface area contributed by atoms with E-state index < -0.39 is 40.4 Å². The van der Waals surface area contributed by atoms with Crippen molar-refractivity contribution in [2.45, 2.75) is 0 Å². The van der Waals surface area contributed by atoms with Crippen molar-refractivity contribution < 1.29 is 31.5 Å². The van der Waals surface area contributed by atoms with E-state index in [1.54, 1.807) is 0 Å². The van der Waals surface area contributed by atoms with Crippen LogP contribution in [0.25, 0.3) is 6.08 Å². The second kappa shape index (κ2) is 6.60. The van der Waals surface area contributed by atoms with E-state index in [1.807, 2.05) is 0 Å². The van der Waals surface area contributed by atoms with Gasteiger partial charge in [-0.05, 0) is 36.4 Å². The van der Waals surface area contributed by atoms with Crippen LogP contribution >= 0.6 is 0 Å². The maximum atomic E-state index is 13.5. The molecule has 7 heteroatoms. The molecule has 0 aliphatic heterocycles. The minimum absolute atomic E-state index is 0.158. The first-order chi connectivity index (χ1) is 10.9. The minimum atomic E-state index is -2.25. The molecule has 2 nitrogen and oxygen atoms in total. The molecule has 0 fully saturated rings. The van der Waals surface area contributed by atoms with E-state index >= 15 is 0 Å². The molecular formula is C16H9F5O2. The van der Waals surface area contributed by atoms with E-state index in [-0.39, 0.29) is 5.56 Å². The Morgan fingerprint density at radius 3 is 1.83 bits per heavy atom. The number of methoxy groups -OCH3 is 1. The van der Waals surface area contributed by atoms with Crippen LogP contribution in [0.2, 0.25) is 0 Å². The number of rotatable bonds is 4. The maximum absolute atomic E-state index is 13.5. The van der Waals surface area contributed by atoms with Gasteiger partial charge >= 0.3 is 0 Å². The normalized spacial score (nSPS) is 11.0. The number of hydrogen-bond acceptors (Lipinski definition) is 2. The number of benzene rings is 2. The van der Waals surface area contributed by atoms with E-state index in [0.29, 0.717) is 11.8 Å². The Bertz CT molecular complexity index is 753. The SMILES string of the molecule is COc1ccc(C(=O)C=Cc2c(F)c(F)c(F)c(F)c2F)cc1. The first-order valence-corrected chi connectivity index (χ1v) is 6.24. The van der Waals surface area contributed by atoms with Crippen LogP contribution < -0.4 is 4.74 Å². The lowest BCUT2D eigenvalue weighted by Crippen LogP contribution is -2.04. The molecule has 0 aliphatic carbocycles. The molecule has 0 aromatic heterocycles. The van der Waals surface area contributed by atoms with Crippen molar-refractivity contribution in [3.05, 3.63) is 70.6 Å². The van der Waals surface area contributed by atoms with Gasteiger partial charge in [-0.2, -0.15) is 0 Å². The molecule has 0 bridgehead atoms. The monoisotopic (exact) mass is 328 g/mol.